The lowest BCUT2D eigenvalue weighted by atomic mass is 9.71. The Morgan fingerprint density at radius 1 is 0.579 bits per heavy atom. The number of allylic oxidation sites excluding steroid dienone is 1. The summed E-state index contributed by atoms with van der Waals surface area (Å²) in [5, 5.41) is 0. The van der Waals surface area contributed by atoms with Crippen LogP contribution in [-0.4, -0.2) is 0 Å². The highest BCUT2D eigenvalue weighted by Crippen LogP contribution is 2.38. The Kier molecular flexibility index (Phi) is 7.03. The molecule has 0 amide bonds. The van der Waals surface area contributed by atoms with Crippen molar-refractivity contribution < 1.29 is 0 Å². The molecule has 0 heteroatoms. The van der Waals surface area contributed by atoms with Crippen molar-refractivity contribution in [3.05, 3.63) is 12.7 Å². The fourth-order valence-electron chi connectivity index (χ4n) is 4.44. The van der Waals surface area contributed by atoms with Gasteiger partial charge in [-0.25, -0.2) is 0 Å². The second-order valence-corrected chi connectivity index (χ2v) is 6.98. The molecule has 2 fully saturated rings. The average Bonchev–Trinajstić information content (AvgIpc) is 2.34. The van der Waals surface area contributed by atoms with E-state index in [-0.39, 0.29) is 0 Å². The molecule has 0 atom stereocenters. The normalized spacial score (nSPS) is 25.3. The van der Waals surface area contributed by atoms with Crippen molar-refractivity contribution in [2.45, 2.75) is 89.9 Å². The first-order chi connectivity index (χ1) is 9.42. The van der Waals surface area contributed by atoms with Crippen LogP contribution >= 0.6 is 0 Å². The highest BCUT2D eigenvalue weighted by atomic mass is 14.3. The van der Waals surface area contributed by atoms with Gasteiger partial charge in [-0.2, -0.15) is 0 Å². The third-order valence-electron chi connectivity index (χ3n) is 5.61. The van der Waals surface area contributed by atoms with Crippen molar-refractivity contribution in [3.8, 4) is 0 Å². The molecule has 2 aliphatic carbocycles. The first kappa shape index (κ1) is 15.1. The maximum atomic E-state index is 6.09. The van der Waals surface area contributed by atoms with E-state index in [0.29, 0.717) is 0 Å². The van der Waals surface area contributed by atoms with E-state index in [1.165, 1.54) is 89.9 Å². The fraction of sp³-hybridized carbons (Fsp3) is 0.895. The predicted molar refractivity (Wildman–Crippen MR) is 84.0 cm³/mol. The maximum Gasteiger partial charge on any atom is -0.0174 e. The Morgan fingerprint density at radius 2 is 0.895 bits per heavy atom. The monoisotopic (exact) mass is 261 g/mol. The molecule has 0 heterocycles. The summed E-state index contributed by atoms with van der Waals surface area (Å²) in [4.78, 5) is 0. The van der Waals surface area contributed by atoms with Crippen LogP contribution in [0.2, 0.25) is 0 Å². The Bertz CT molecular complexity index is 204. The van der Waals surface area contributed by atoms with Crippen LogP contribution in [0.4, 0.5) is 0 Å². The lowest BCUT2D eigenvalue weighted by Gasteiger charge is -2.34. The van der Waals surface area contributed by atoms with Gasteiger partial charge in [0.1, 0.15) is 0 Å². The minimum Gasteiger partial charge on any atom is -0.0809 e. The molecule has 0 nitrogen and oxygen atoms in total. The minimum absolute atomic E-state index is 0.719. The van der Waals surface area contributed by atoms with Gasteiger partial charge >= 0.3 is 0 Å². The van der Waals surface area contributed by atoms with E-state index in [2.05, 4.69) is 6.08 Å². The molecule has 2 aliphatic rings. The highest BCUT2D eigenvalue weighted by Gasteiger charge is 2.27. The Labute approximate surface area is 121 Å². The van der Waals surface area contributed by atoms with E-state index in [9.17, 15) is 0 Å². The van der Waals surface area contributed by atoms with Gasteiger partial charge in [0.15, 0.2) is 0 Å². The smallest absolute Gasteiger partial charge is 0.0174 e. The van der Waals surface area contributed by atoms with E-state index >= 15 is 0 Å². The van der Waals surface area contributed by atoms with Gasteiger partial charge in [-0.1, -0.05) is 76.9 Å². The summed E-state index contributed by atoms with van der Waals surface area (Å²) in [5.41, 5.74) is 0. The summed E-state index contributed by atoms with van der Waals surface area (Å²) in [6.07, 6.45) is 22.4. The summed E-state index contributed by atoms with van der Waals surface area (Å²) in [6, 6.07) is 0. The van der Waals surface area contributed by atoms with Crippen molar-refractivity contribution >= 4 is 0 Å². The van der Waals surface area contributed by atoms with Gasteiger partial charge in [0.05, 0.1) is 0 Å². The van der Waals surface area contributed by atoms with Gasteiger partial charge in [0, 0.05) is 0 Å². The topological polar surface area (TPSA) is 0 Å². The number of rotatable bonds is 3. The highest BCUT2D eigenvalue weighted by molar-refractivity contribution is 4.89. The lowest BCUT2D eigenvalue weighted by Crippen LogP contribution is -2.23. The van der Waals surface area contributed by atoms with Crippen molar-refractivity contribution in [2.75, 3.05) is 0 Å². The molecule has 0 aromatic heterocycles. The van der Waals surface area contributed by atoms with Crippen LogP contribution in [0.1, 0.15) is 89.9 Å². The molecule has 19 heavy (non-hydrogen) atoms. The standard InChI is InChI=1S/C19H33/c1-2-19(17-13-9-5-3-6-10-14-17)18-15-11-7-4-8-12-16-18/h1-2,17-19H,3-16H2. The van der Waals surface area contributed by atoms with Crippen LogP contribution in [0, 0.1) is 24.3 Å². The van der Waals surface area contributed by atoms with Gasteiger partial charge in [-0.05, 0) is 43.4 Å². The second-order valence-electron chi connectivity index (χ2n) is 6.98. The van der Waals surface area contributed by atoms with Crippen LogP contribution in [0.25, 0.3) is 0 Å². The van der Waals surface area contributed by atoms with Crippen molar-refractivity contribution in [1.82, 2.24) is 0 Å². The van der Waals surface area contributed by atoms with Crippen LogP contribution in [-0.2, 0) is 0 Å². The zero-order valence-corrected chi connectivity index (χ0v) is 12.8. The third-order valence-corrected chi connectivity index (χ3v) is 5.61. The van der Waals surface area contributed by atoms with E-state index in [4.69, 9.17) is 6.58 Å². The number of hydrogen-bond donors (Lipinski definition) is 0. The van der Waals surface area contributed by atoms with E-state index in [1.807, 2.05) is 0 Å². The van der Waals surface area contributed by atoms with Crippen LogP contribution in [0.3, 0.4) is 0 Å². The second kappa shape index (κ2) is 8.82. The summed E-state index contributed by atoms with van der Waals surface area (Å²) in [5.74, 6) is 2.51. The molecule has 1 radical (unpaired) electrons. The van der Waals surface area contributed by atoms with Crippen molar-refractivity contribution in [2.24, 2.45) is 17.8 Å². The van der Waals surface area contributed by atoms with Crippen LogP contribution in [0.15, 0.2) is 6.08 Å². The zero-order chi connectivity index (χ0) is 13.3. The fourth-order valence-corrected chi connectivity index (χ4v) is 4.44. The molecule has 0 N–H and O–H groups in total. The summed E-state index contributed by atoms with van der Waals surface area (Å²) < 4.78 is 0. The maximum absolute atomic E-state index is 6.09. The SMILES string of the molecule is [CH]=CC(C1CCCCCCC1)C1CCCCCCC1. The Morgan fingerprint density at radius 3 is 1.21 bits per heavy atom. The summed E-state index contributed by atoms with van der Waals surface area (Å²) in [7, 11) is 0. The third kappa shape index (κ3) is 4.97. The Hall–Kier alpha value is -0.260. The van der Waals surface area contributed by atoms with Gasteiger partial charge < -0.3 is 0 Å². The summed E-state index contributed by atoms with van der Waals surface area (Å²) in [6.45, 7) is 6.09. The van der Waals surface area contributed by atoms with Crippen LogP contribution < -0.4 is 0 Å². The molecule has 0 saturated heterocycles. The summed E-state index contributed by atoms with van der Waals surface area (Å²) >= 11 is 0. The van der Waals surface area contributed by atoms with Gasteiger partial charge in [-0.3, -0.25) is 0 Å². The molecule has 2 rings (SSSR count). The van der Waals surface area contributed by atoms with Crippen LogP contribution in [0.5, 0.6) is 0 Å². The molecular weight excluding hydrogens is 228 g/mol. The van der Waals surface area contributed by atoms with Gasteiger partial charge in [0.2, 0.25) is 0 Å². The molecule has 0 aliphatic heterocycles. The number of hydrogen-bond acceptors (Lipinski definition) is 0. The van der Waals surface area contributed by atoms with E-state index in [1.54, 1.807) is 0 Å². The molecule has 0 aromatic carbocycles. The lowest BCUT2D eigenvalue weighted by molar-refractivity contribution is 0.201. The molecule has 0 unspecified atom stereocenters. The van der Waals surface area contributed by atoms with Crippen molar-refractivity contribution in [3.63, 3.8) is 0 Å². The van der Waals surface area contributed by atoms with Gasteiger partial charge in [0.25, 0.3) is 0 Å². The molecule has 0 bridgehead atoms. The average molecular weight is 261 g/mol. The van der Waals surface area contributed by atoms with E-state index < -0.39 is 0 Å². The van der Waals surface area contributed by atoms with Crippen molar-refractivity contribution in [1.29, 1.82) is 0 Å². The quantitative estimate of drug-likeness (QED) is 0.558. The first-order valence-electron chi connectivity index (χ1n) is 8.97. The van der Waals surface area contributed by atoms with Gasteiger partial charge in [-0.15, -0.1) is 0 Å². The molecule has 0 spiro atoms. The predicted octanol–water partition coefficient (Wildman–Crippen LogP) is 6.31. The van der Waals surface area contributed by atoms with E-state index in [0.717, 1.165) is 17.8 Å². The molecule has 109 valence electrons. The molecular formula is C19H33. The molecule has 2 saturated carbocycles. The largest absolute Gasteiger partial charge is 0.0809 e. The minimum atomic E-state index is 0.719. The Balaban J connectivity index is 1.92. The zero-order valence-electron chi connectivity index (χ0n) is 12.8. The molecule has 0 aromatic rings. The first-order valence-corrected chi connectivity index (χ1v) is 8.97.